The Hall–Kier alpha value is -3.27. The summed E-state index contributed by atoms with van der Waals surface area (Å²) in [7, 11) is -2.74. The predicted octanol–water partition coefficient (Wildman–Crippen LogP) is 5.67. The topological polar surface area (TPSA) is 96.0 Å². The lowest BCUT2D eigenvalue weighted by molar-refractivity contribution is -0.139. The molecule has 4 rings (SSSR count). The van der Waals surface area contributed by atoms with Gasteiger partial charge in [-0.1, -0.05) is 66.4 Å². The standard InChI is InChI=1S/C30H33Cl2N3O5S/c1-21(30(37)33-24-8-6-7-9-24)34(19-22-12-14-23(31)15-13-22)29(36)20-35(25-16-17-28(40-2)27(32)18-25)41(38,39)26-10-4-3-5-11-26/h3-5,10-18,21,24H,6-9,19-20H2,1-2H3,(H,33,37)/t21-/m0/s1. The molecule has 0 saturated heterocycles. The lowest BCUT2D eigenvalue weighted by Gasteiger charge is -2.32. The van der Waals surface area contributed by atoms with Crippen LogP contribution in [-0.4, -0.2) is 50.9 Å². The zero-order valence-electron chi connectivity index (χ0n) is 22.9. The minimum absolute atomic E-state index is 0.0102. The second kappa shape index (κ2) is 13.6. The monoisotopic (exact) mass is 617 g/mol. The maximum Gasteiger partial charge on any atom is 0.264 e. The average Bonchev–Trinajstić information content (AvgIpc) is 3.48. The Bertz CT molecular complexity index is 1460. The molecule has 0 bridgehead atoms. The molecule has 218 valence electrons. The van der Waals surface area contributed by atoms with Crippen LogP contribution >= 0.6 is 23.2 Å². The first-order chi connectivity index (χ1) is 19.6. The molecule has 0 aromatic heterocycles. The summed E-state index contributed by atoms with van der Waals surface area (Å²) in [6, 6.07) is 18.5. The van der Waals surface area contributed by atoms with E-state index in [1.807, 2.05) is 0 Å². The van der Waals surface area contributed by atoms with Gasteiger partial charge in [0.05, 0.1) is 22.7 Å². The van der Waals surface area contributed by atoms with Crippen molar-refractivity contribution in [2.24, 2.45) is 0 Å². The molecule has 41 heavy (non-hydrogen) atoms. The molecule has 0 heterocycles. The number of anilines is 1. The molecule has 0 unspecified atom stereocenters. The molecule has 1 saturated carbocycles. The van der Waals surface area contributed by atoms with Crippen LogP contribution in [0, 0.1) is 0 Å². The first kappa shape index (κ1) is 30.7. The summed E-state index contributed by atoms with van der Waals surface area (Å²) in [4.78, 5) is 28.7. The second-order valence-corrected chi connectivity index (χ2v) is 12.7. The smallest absolute Gasteiger partial charge is 0.264 e. The summed E-state index contributed by atoms with van der Waals surface area (Å²) in [5.41, 5.74) is 0.927. The minimum Gasteiger partial charge on any atom is -0.495 e. The number of hydrogen-bond acceptors (Lipinski definition) is 5. The normalized spacial score (nSPS) is 14.3. The first-order valence-corrected chi connectivity index (χ1v) is 15.6. The van der Waals surface area contributed by atoms with Gasteiger partial charge in [0.1, 0.15) is 18.3 Å². The van der Waals surface area contributed by atoms with E-state index in [4.69, 9.17) is 27.9 Å². The molecular weight excluding hydrogens is 585 g/mol. The third kappa shape index (κ3) is 7.52. The van der Waals surface area contributed by atoms with Gasteiger partial charge in [-0.15, -0.1) is 0 Å². The zero-order valence-corrected chi connectivity index (χ0v) is 25.3. The molecule has 3 aromatic carbocycles. The fourth-order valence-corrected chi connectivity index (χ4v) is 6.62. The van der Waals surface area contributed by atoms with Crippen LogP contribution in [0.15, 0.2) is 77.7 Å². The number of carbonyl (C=O) groups is 2. The second-order valence-electron chi connectivity index (χ2n) is 9.96. The lowest BCUT2D eigenvalue weighted by Crippen LogP contribution is -2.52. The van der Waals surface area contributed by atoms with E-state index in [9.17, 15) is 18.0 Å². The maximum atomic E-state index is 14.0. The minimum atomic E-state index is -4.19. The largest absolute Gasteiger partial charge is 0.495 e. The lowest BCUT2D eigenvalue weighted by atomic mass is 10.1. The number of carbonyl (C=O) groups excluding carboxylic acids is 2. The number of hydrogen-bond donors (Lipinski definition) is 1. The molecule has 1 aliphatic rings. The van der Waals surface area contributed by atoms with E-state index < -0.39 is 28.5 Å². The Labute approximate surface area is 251 Å². The number of nitrogens with one attached hydrogen (secondary N) is 1. The first-order valence-electron chi connectivity index (χ1n) is 13.4. The van der Waals surface area contributed by atoms with Crippen LogP contribution < -0.4 is 14.4 Å². The molecule has 0 spiro atoms. The van der Waals surface area contributed by atoms with Crippen molar-refractivity contribution in [1.29, 1.82) is 0 Å². The number of rotatable bonds is 11. The van der Waals surface area contributed by atoms with Gasteiger partial charge in [0, 0.05) is 17.6 Å². The van der Waals surface area contributed by atoms with Crippen LogP contribution in [0.3, 0.4) is 0 Å². The van der Waals surface area contributed by atoms with Crippen LogP contribution in [-0.2, 0) is 26.2 Å². The number of sulfonamides is 1. The molecule has 1 atom stereocenters. The fourth-order valence-electron chi connectivity index (χ4n) is 4.82. The SMILES string of the molecule is COc1ccc(N(CC(=O)N(Cc2ccc(Cl)cc2)[C@@H](C)C(=O)NC2CCCC2)S(=O)(=O)c2ccccc2)cc1Cl. The molecule has 0 aliphatic heterocycles. The number of methoxy groups -OCH3 is 1. The molecule has 1 fully saturated rings. The summed E-state index contributed by atoms with van der Waals surface area (Å²) < 4.78 is 34.0. The van der Waals surface area contributed by atoms with Crippen LogP contribution in [0.4, 0.5) is 5.69 Å². The van der Waals surface area contributed by atoms with Crippen molar-refractivity contribution in [3.05, 3.63) is 88.4 Å². The molecule has 8 nitrogen and oxygen atoms in total. The Balaban J connectivity index is 1.70. The van der Waals surface area contributed by atoms with E-state index >= 15 is 0 Å². The highest BCUT2D eigenvalue weighted by molar-refractivity contribution is 7.92. The van der Waals surface area contributed by atoms with Crippen LogP contribution in [0.25, 0.3) is 0 Å². The van der Waals surface area contributed by atoms with Gasteiger partial charge in [-0.25, -0.2) is 8.42 Å². The van der Waals surface area contributed by atoms with Gasteiger partial charge in [-0.3, -0.25) is 13.9 Å². The fraction of sp³-hybridized carbons (Fsp3) is 0.333. The van der Waals surface area contributed by atoms with Gasteiger partial charge in [-0.2, -0.15) is 0 Å². The van der Waals surface area contributed by atoms with Crippen molar-refractivity contribution in [3.63, 3.8) is 0 Å². The van der Waals surface area contributed by atoms with Crippen molar-refractivity contribution in [2.45, 2.75) is 56.1 Å². The van der Waals surface area contributed by atoms with E-state index in [0.717, 1.165) is 35.6 Å². The van der Waals surface area contributed by atoms with E-state index in [0.29, 0.717) is 10.8 Å². The number of halogens is 2. The van der Waals surface area contributed by atoms with Crippen LogP contribution in [0.2, 0.25) is 10.0 Å². The average molecular weight is 619 g/mol. The summed E-state index contributed by atoms with van der Waals surface area (Å²) in [5, 5.41) is 3.78. The maximum absolute atomic E-state index is 14.0. The van der Waals surface area contributed by atoms with Crippen molar-refractivity contribution in [1.82, 2.24) is 10.2 Å². The van der Waals surface area contributed by atoms with Gasteiger partial charge in [-0.05, 0) is 67.8 Å². The van der Waals surface area contributed by atoms with Gasteiger partial charge in [0.25, 0.3) is 10.0 Å². The van der Waals surface area contributed by atoms with E-state index in [2.05, 4.69) is 5.32 Å². The highest BCUT2D eigenvalue weighted by Crippen LogP contribution is 2.32. The summed E-state index contributed by atoms with van der Waals surface area (Å²) in [6.07, 6.45) is 3.88. The summed E-state index contributed by atoms with van der Waals surface area (Å²) >= 11 is 12.4. The predicted molar refractivity (Wildman–Crippen MR) is 161 cm³/mol. The zero-order chi connectivity index (χ0) is 29.6. The Kier molecular flexibility index (Phi) is 10.2. The van der Waals surface area contributed by atoms with Gasteiger partial charge < -0.3 is 15.0 Å². The van der Waals surface area contributed by atoms with Gasteiger partial charge in [0.15, 0.2) is 0 Å². The molecule has 0 radical (unpaired) electrons. The molecular formula is C30H33Cl2N3O5S. The highest BCUT2D eigenvalue weighted by Gasteiger charge is 2.33. The van der Waals surface area contributed by atoms with Crippen LogP contribution in [0.5, 0.6) is 5.75 Å². The third-order valence-electron chi connectivity index (χ3n) is 7.17. The van der Waals surface area contributed by atoms with Crippen molar-refractivity contribution in [2.75, 3.05) is 18.0 Å². The van der Waals surface area contributed by atoms with Crippen LogP contribution in [0.1, 0.15) is 38.2 Å². The van der Waals surface area contributed by atoms with Gasteiger partial charge >= 0.3 is 0 Å². The number of benzene rings is 3. The van der Waals surface area contributed by atoms with Crippen molar-refractivity contribution < 1.29 is 22.7 Å². The molecule has 3 aromatic rings. The third-order valence-corrected chi connectivity index (χ3v) is 9.50. The Morgan fingerprint density at radius 3 is 2.27 bits per heavy atom. The quantitative estimate of drug-likeness (QED) is 0.299. The van der Waals surface area contributed by atoms with E-state index in [1.54, 1.807) is 55.5 Å². The molecule has 11 heteroatoms. The molecule has 1 aliphatic carbocycles. The molecule has 1 N–H and O–H groups in total. The Morgan fingerprint density at radius 2 is 1.66 bits per heavy atom. The summed E-state index contributed by atoms with van der Waals surface area (Å²) in [5.74, 6) is -0.481. The van der Waals surface area contributed by atoms with Crippen molar-refractivity contribution in [3.8, 4) is 5.75 Å². The van der Waals surface area contributed by atoms with E-state index in [1.165, 1.54) is 36.3 Å². The number of amides is 2. The van der Waals surface area contributed by atoms with Gasteiger partial charge in [0.2, 0.25) is 11.8 Å². The van der Waals surface area contributed by atoms with E-state index in [-0.39, 0.29) is 34.1 Å². The highest BCUT2D eigenvalue weighted by atomic mass is 35.5. The summed E-state index contributed by atoms with van der Waals surface area (Å²) in [6.45, 7) is 1.17. The Morgan fingerprint density at radius 1 is 1.00 bits per heavy atom. The number of nitrogens with zero attached hydrogens (tertiary/aromatic N) is 2. The van der Waals surface area contributed by atoms with Crippen molar-refractivity contribution >= 4 is 50.7 Å². The number of ether oxygens (including phenoxy) is 1. The molecule has 2 amide bonds.